The van der Waals surface area contributed by atoms with Crippen LogP contribution in [0.2, 0.25) is 5.02 Å². The van der Waals surface area contributed by atoms with Crippen molar-refractivity contribution < 1.29 is 0 Å². The molecule has 3 aromatic carbocycles. The van der Waals surface area contributed by atoms with Crippen molar-refractivity contribution in [3.8, 4) is 22.5 Å². The van der Waals surface area contributed by atoms with Gasteiger partial charge >= 0.3 is 5.69 Å². The zero-order valence-corrected chi connectivity index (χ0v) is 14.9. The summed E-state index contributed by atoms with van der Waals surface area (Å²) in [5, 5.41) is 1.41. The molecule has 0 spiro atoms. The number of imidazole rings is 1. The number of aromatic nitrogens is 3. The summed E-state index contributed by atoms with van der Waals surface area (Å²) in [6, 6.07) is 25.1. The van der Waals surface area contributed by atoms with Crippen LogP contribution in [-0.4, -0.2) is 14.4 Å². The summed E-state index contributed by atoms with van der Waals surface area (Å²) < 4.78 is 1.64. The van der Waals surface area contributed by atoms with Gasteiger partial charge in [-0.1, -0.05) is 72.3 Å². The topological polar surface area (TPSA) is 50.2 Å². The Morgan fingerprint density at radius 2 is 1.52 bits per heavy atom. The van der Waals surface area contributed by atoms with Gasteiger partial charge in [-0.2, -0.15) is 0 Å². The van der Waals surface area contributed by atoms with Crippen molar-refractivity contribution in [1.29, 1.82) is 0 Å². The second-order valence-corrected chi connectivity index (χ2v) is 6.76. The first-order valence-electron chi connectivity index (χ1n) is 8.57. The number of H-pyrrole nitrogens is 1. The van der Waals surface area contributed by atoms with Gasteiger partial charge in [-0.25, -0.2) is 14.2 Å². The van der Waals surface area contributed by atoms with Gasteiger partial charge in [0.05, 0.1) is 16.9 Å². The van der Waals surface area contributed by atoms with E-state index in [4.69, 9.17) is 16.6 Å². The molecule has 0 atom stereocenters. The summed E-state index contributed by atoms with van der Waals surface area (Å²) in [4.78, 5) is 20.8. The lowest BCUT2D eigenvalue weighted by atomic mass is 10.1. The van der Waals surface area contributed by atoms with Gasteiger partial charge in [-0.3, -0.25) is 0 Å². The van der Waals surface area contributed by atoms with Crippen LogP contribution >= 0.6 is 11.6 Å². The maximum absolute atomic E-state index is 13.0. The summed E-state index contributed by atoms with van der Waals surface area (Å²) in [6.07, 6.45) is 0. The second-order valence-electron chi connectivity index (χ2n) is 6.32. The van der Waals surface area contributed by atoms with Gasteiger partial charge in [-0.15, -0.1) is 0 Å². The van der Waals surface area contributed by atoms with Gasteiger partial charge in [-0.05, 0) is 18.2 Å². The van der Waals surface area contributed by atoms with Crippen LogP contribution in [0.5, 0.6) is 0 Å². The van der Waals surface area contributed by atoms with Crippen LogP contribution < -0.4 is 5.69 Å². The lowest BCUT2D eigenvalue weighted by Crippen LogP contribution is -2.17. The van der Waals surface area contributed by atoms with Crippen LogP contribution in [0, 0.1) is 0 Å². The summed E-state index contributed by atoms with van der Waals surface area (Å²) in [6.45, 7) is 0. The number of aromatic amines is 1. The highest BCUT2D eigenvalue weighted by Gasteiger charge is 2.19. The Morgan fingerprint density at radius 3 is 2.22 bits per heavy atom. The van der Waals surface area contributed by atoms with E-state index in [1.165, 1.54) is 0 Å². The molecule has 0 unspecified atom stereocenters. The molecule has 4 nitrogen and oxygen atoms in total. The Morgan fingerprint density at radius 1 is 0.852 bits per heavy atom. The molecule has 0 aliphatic heterocycles. The third kappa shape index (κ3) is 2.54. The molecule has 0 fully saturated rings. The highest BCUT2D eigenvalue weighted by Crippen LogP contribution is 2.33. The van der Waals surface area contributed by atoms with E-state index < -0.39 is 0 Å². The van der Waals surface area contributed by atoms with Crippen molar-refractivity contribution in [2.24, 2.45) is 0 Å². The molecule has 5 heteroatoms. The highest BCUT2D eigenvalue weighted by molar-refractivity contribution is 6.31. The molecular weight excluding hydrogens is 358 g/mol. The van der Waals surface area contributed by atoms with Crippen molar-refractivity contribution in [1.82, 2.24) is 14.4 Å². The van der Waals surface area contributed by atoms with E-state index in [2.05, 4.69) is 4.98 Å². The van der Waals surface area contributed by atoms with Gasteiger partial charge in [0.25, 0.3) is 0 Å². The molecule has 2 heterocycles. The zero-order chi connectivity index (χ0) is 18.4. The molecular formula is C22H14ClN3O. The first kappa shape index (κ1) is 15.9. The average Bonchev–Trinajstić information content (AvgIpc) is 3.12. The van der Waals surface area contributed by atoms with Crippen LogP contribution in [0.4, 0.5) is 0 Å². The molecule has 1 N–H and O–H groups in total. The lowest BCUT2D eigenvalue weighted by Gasteiger charge is -2.06. The Hall–Kier alpha value is -3.37. The molecule has 0 amide bonds. The normalized spacial score (nSPS) is 11.3. The number of nitrogens with one attached hydrogen (secondary N) is 1. The van der Waals surface area contributed by atoms with E-state index in [-0.39, 0.29) is 5.69 Å². The minimum atomic E-state index is -0.228. The Balaban J connectivity index is 1.99. The number of fused-ring (bicyclic) bond motifs is 3. The Bertz CT molecular complexity index is 1340. The Labute approximate surface area is 159 Å². The van der Waals surface area contributed by atoms with E-state index in [0.717, 1.165) is 27.9 Å². The molecule has 0 aliphatic rings. The maximum Gasteiger partial charge on any atom is 0.332 e. The third-order valence-electron chi connectivity index (χ3n) is 4.64. The van der Waals surface area contributed by atoms with Crippen molar-refractivity contribution in [2.45, 2.75) is 0 Å². The molecule has 2 aromatic heterocycles. The fraction of sp³-hybridized carbons (Fsp3) is 0. The molecule has 0 saturated heterocycles. The van der Waals surface area contributed by atoms with Gasteiger partial charge in [0.2, 0.25) is 0 Å². The number of benzene rings is 3. The quantitative estimate of drug-likeness (QED) is 0.465. The summed E-state index contributed by atoms with van der Waals surface area (Å²) in [5.41, 5.74) is 4.48. The highest BCUT2D eigenvalue weighted by atomic mass is 35.5. The van der Waals surface area contributed by atoms with E-state index in [1.807, 2.05) is 66.7 Å². The fourth-order valence-corrected chi connectivity index (χ4v) is 3.61. The van der Waals surface area contributed by atoms with Crippen molar-refractivity contribution in [2.75, 3.05) is 0 Å². The zero-order valence-electron chi connectivity index (χ0n) is 14.2. The first-order valence-corrected chi connectivity index (χ1v) is 8.95. The SMILES string of the molecule is O=c1[nH]c2ccc(Cl)cc2c2nc(-c3ccccc3)c(-c3ccccc3)n12. The molecule has 0 saturated carbocycles. The van der Waals surface area contributed by atoms with Gasteiger partial charge in [0, 0.05) is 21.5 Å². The number of hydrogen-bond acceptors (Lipinski definition) is 2. The molecule has 5 aromatic rings. The van der Waals surface area contributed by atoms with Crippen molar-refractivity contribution in [3.63, 3.8) is 0 Å². The van der Waals surface area contributed by atoms with Crippen LogP contribution in [0.3, 0.4) is 0 Å². The van der Waals surface area contributed by atoms with Crippen molar-refractivity contribution >= 4 is 28.2 Å². The average molecular weight is 372 g/mol. The van der Waals surface area contributed by atoms with E-state index >= 15 is 0 Å². The molecule has 27 heavy (non-hydrogen) atoms. The lowest BCUT2D eigenvalue weighted by molar-refractivity contribution is 1.04. The molecule has 0 bridgehead atoms. The summed E-state index contributed by atoms with van der Waals surface area (Å²) in [5.74, 6) is 0. The smallest absolute Gasteiger partial charge is 0.306 e. The number of rotatable bonds is 2. The minimum Gasteiger partial charge on any atom is -0.306 e. The largest absolute Gasteiger partial charge is 0.332 e. The second kappa shape index (κ2) is 6.11. The fourth-order valence-electron chi connectivity index (χ4n) is 3.44. The number of hydrogen-bond donors (Lipinski definition) is 1. The summed E-state index contributed by atoms with van der Waals surface area (Å²) in [7, 11) is 0. The van der Waals surface area contributed by atoms with Crippen LogP contribution in [0.15, 0.2) is 83.7 Å². The predicted molar refractivity (Wildman–Crippen MR) is 109 cm³/mol. The van der Waals surface area contributed by atoms with Crippen LogP contribution in [0.1, 0.15) is 0 Å². The van der Waals surface area contributed by atoms with Gasteiger partial charge in [0.15, 0.2) is 5.65 Å². The Kier molecular flexibility index (Phi) is 3.59. The first-order chi connectivity index (χ1) is 13.2. The standard InChI is InChI=1S/C22H14ClN3O/c23-16-11-12-18-17(13-16)21-25-19(14-7-3-1-4-8-14)20(26(21)22(27)24-18)15-9-5-2-6-10-15/h1-13H,(H,24,27). The molecule has 0 radical (unpaired) electrons. The van der Waals surface area contributed by atoms with Crippen LogP contribution in [-0.2, 0) is 0 Å². The van der Waals surface area contributed by atoms with E-state index in [0.29, 0.717) is 16.2 Å². The number of halogens is 1. The van der Waals surface area contributed by atoms with Gasteiger partial charge in [0.1, 0.15) is 0 Å². The third-order valence-corrected chi connectivity index (χ3v) is 4.87. The molecule has 0 aliphatic carbocycles. The predicted octanol–water partition coefficient (Wildman–Crippen LogP) is 5.16. The van der Waals surface area contributed by atoms with E-state index in [9.17, 15) is 4.79 Å². The van der Waals surface area contributed by atoms with Crippen LogP contribution in [0.25, 0.3) is 39.1 Å². The number of nitrogens with zero attached hydrogens (tertiary/aromatic N) is 2. The summed E-state index contributed by atoms with van der Waals surface area (Å²) >= 11 is 6.21. The molecule has 5 rings (SSSR count). The maximum atomic E-state index is 13.0. The van der Waals surface area contributed by atoms with E-state index in [1.54, 1.807) is 16.5 Å². The van der Waals surface area contributed by atoms with Gasteiger partial charge < -0.3 is 4.98 Å². The molecule has 130 valence electrons. The van der Waals surface area contributed by atoms with Crippen molar-refractivity contribution in [3.05, 3.63) is 94.4 Å². The monoisotopic (exact) mass is 371 g/mol. The minimum absolute atomic E-state index is 0.228.